The molecule has 0 amide bonds. The number of nitrogens with zero attached hydrogens (tertiary/aromatic N) is 3. The molecule has 1 aliphatic heterocycles. The summed E-state index contributed by atoms with van der Waals surface area (Å²) in [4.78, 5) is 2.10. The standard InChI is InChI=1S/C14H14FN3/c15-14-6-11(7-16)3-4-13(14)10-18-5-1-2-12(8-17)9-18/h3-4,6,12H,1-2,5,9-10H2. The molecule has 0 saturated carbocycles. The molecule has 1 aromatic carbocycles. The van der Waals surface area contributed by atoms with Crippen LogP contribution in [0.4, 0.5) is 4.39 Å². The van der Waals surface area contributed by atoms with Gasteiger partial charge in [-0.05, 0) is 31.5 Å². The van der Waals surface area contributed by atoms with Crippen molar-refractivity contribution < 1.29 is 4.39 Å². The molecule has 1 unspecified atom stereocenters. The van der Waals surface area contributed by atoms with Gasteiger partial charge in [0.1, 0.15) is 5.82 Å². The Bertz CT molecular complexity index is 513. The zero-order valence-electron chi connectivity index (χ0n) is 10.1. The van der Waals surface area contributed by atoms with Crippen molar-refractivity contribution in [1.82, 2.24) is 4.90 Å². The number of rotatable bonds is 2. The Hall–Kier alpha value is -1.91. The lowest BCUT2D eigenvalue weighted by molar-refractivity contribution is 0.190. The maximum Gasteiger partial charge on any atom is 0.129 e. The third kappa shape index (κ3) is 2.85. The Labute approximate surface area is 106 Å². The van der Waals surface area contributed by atoms with E-state index in [1.807, 2.05) is 6.07 Å². The van der Waals surface area contributed by atoms with Crippen LogP contribution in [0.25, 0.3) is 0 Å². The van der Waals surface area contributed by atoms with Gasteiger partial charge in [-0.3, -0.25) is 4.90 Å². The fourth-order valence-corrected chi connectivity index (χ4v) is 2.29. The van der Waals surface area contributed by atoms with E-state index < -0.39 is 0 Å². The minimum Gasteiger partial charge on any atom is -0.298 e. The fourth-order valence-electron chi connectivity index (χ4n) is 2.29. The molecule has 18 heavy (non-hydrogen) atoms. The van der Waals surface area contributed by atoms with Crippen LogP contribution in [-0.2, 0) is 6.54 Å². The van der Waals surface area contributed by atoms with E-state index in [1.54, 1.807) is 12.1 Å². The van der Waals surface area contributed by atoms with Crippen molar-refractivity contribution in [2.24, 2.45) is 5.92 Å². The molecule has 92 valence electrons. The third-order valence-corrected chi connectivity index (χ3v) is 3.26. The number of hydrogen-bond donors (Lipinski definition) is 0. The number of nitriles is 2. The lowest BCUT2D eigenvalue weighted by Crippen LogP contribution is -2.34. The molecule has 4 heteroatoms. The van der Waals surface area contributed by atoms with Crippen LogP contribution in [-0.4, -0.2) is 18.0 Å². The van der Waals surface area contributed by atoms with Gasteiger partial charge in [0.05, 0.1) is 23.6 Å². The average Bonchev–Trinajstić information content (AvgIpc) is 2.41. The first kappa shape index (κ1) is 12.5. The molecular formula is C14H14FN3. The highest BCUT2D eigenvalue weighted by Gasteiger charge is 2.20. The zero-order valence-corrected chi connectivity index (χ0v) is 10.1. The molecule has 0 aromatic heterocycles. The molecule has 1 atom stereocenters. The molecule has 0 N–H and O–H groups in total. The Kier molecular flexibility index (Phi) is 3.92. The highest BCUT2D eigenvalue weighted by molar-refractivity contribution is 5.32. The lowest BCUT2D eigenvalue weighted by Gasteiger charge is -2.29. The van der Waals surface area contributed by atoms with Crippen LogP contribution < -0.4 is 0 Å². The Morgan fingerprint density at radius 2 is 2.22 bits per heavy atom. The average molecular weight is 243 g/mol. The number of halogens is 1. The maximum atomic E-state index is 13.7. The highest BCUT2D eigenvalue weighted by Crippen LogP contribution is 2.19. The van der Waals surface area contributed by atoms with Gasteiger partial charge in [-0.2, -0.15) is 10.5 Å². The van der Waals surface area contributed by atoms with Crippen molar-refractivity contribution in [2.45, 2.75) is 19.4 Å². The first-order valence-electron chi connectivity index (χ1n) is 6.03. The SMILES string of the molecule is N#Cc1ccc(CN2CCCC(C#N)C2)c(F)c1. The van der Waals surface area contributed by atoms with Gasteiger partial charge in [0, 0.05) is 18.7 Å². The number of piperidine rings is 1. The summed E-state index contributed by atoms with van der Waals surface area (Å²) in [6.07, 6.45) is 1.92. The molecule has 1 saturated heterocycles. The van der Waals surface area contributed by atoms with Gasteiger partial charge in [-0.15, -0.1) is 0 Å². The Balaban J connectivity index is 2.06. The highest BCUT2D eigenvalue weighted by atomic mass is 19.1. The molecule has 1 aliphatic rings. The molecule has 2 rings (SSSR count). The molecule has 0 bridgehead atoms. The molecule has 0 radical (unpaired) electrons. The van der Waals surface area contributed by atoms with Gasteiger partial charge in [-0.1, -0.05) is 6.07 Å². The summed E-state index contributed by atoms with van der Waals surface area (Å²) in [5.41, 5.74) is 0.928. The van der Waals surface area contributed by atoms with E-state index in [1.165, 1.54) is 6.07 Å². The van der Waals surface area contributed by atoms with E-state index in [2.05, 4.69) is 11.0 Å². The minimum atomic E-state index is -0.340. The van der Waals surface area contributed by atoms with Crippen molar-refractivity contribution in [3.05, 3.63) is 35.1 Å². The van der Waals surface area contributed by atoms with E-state index in [9.17, 15) is 4.39 Å². The van der Waals surface area contributed by atoms with Crippen molar-refractivity contribution >= 4 is 0 Å². The first-order valence-corrected chi connectivity index (χ1v) is 6.03. The third-order valence-electron chi connectivity index (χ3n) is 3.26. The fraction of sp³-hybridized carbons (Fsp3) is 0.429. The summed E-state index contributed by atoms with van der Waals surface area (Å²) >= 11 is 0. The zero-order chi connectivity index (χ0) is 13.0. The van der Waals surface area contributed by atoms with Gasteiger partial charge in [0.15, 0.2) is 0 Å². The lowest BCUT2D eigenvalue weighted by atomic mass is 9.99. The largest absolute Gasteiger partial charge is 0.298 e. The van der Waals surface area contributed by atoms with Crippen LogP contribution >= 0.6 is 0 Å². The monoisotopic (exact) mass is 243 g/mol. The maximum absolute atomic E-state index is 13.7. The number of likely N-dealkylation sites (tertiary alicyclic amines) is 1. The summed E-state index contributed by atoms with van der Waals surface area (Å²) in [5, 5.41) is 17.6. The summed E-state index contributed by atoms with van der Waals surface area (Å²) in [6.45, 7) is 2.11. The second-order valence-electron chi connectivity index (χ2n) is 4.62. The van der Waals surface area contributed by atoms with Crippen molar-refractivity contribution in [3.63, 3.8) is 0 Å². The normalized spacial score (nSPS) is 20.1. The van der Waals surface area contributed by atoms with Crippen molar-refractivity contribution in [2.75, 3.05) is 13.1 Å². The van der Waals surface area contributed by atoms with Crippen LogP contribution in [0, 0.1) is 34.4 Å². The van der Waals surface area contributed by atoms with Crippen LogP contribution in [0.5, 0.6) is 0 Å². The molecule has 1 heterocycles. The summed E-state index contributed by atoms with van der Waals surface area (Å²) in [7, 11) is 0. The van der Waals surface area contributed by atoms with E-state index >= 15 is 0 Å². The van der Waals surface area contributed by atoms with E-state index in [0.717, 1.165) is 19.4 Å². The van der Waals surface area contributed by atoms with Gasteiger partial charge in [0.25, 0.3) is 0 Å². The van der Waals surface area contributed by atoms with Crippen LogP contribution in [0.2, 0.25) is 0 Å². The van der Waals surface area contributed by atoms with Crippen molar-refractivity contribution in [3.8, 4) is 12.1 Å². The molecule has 0 spiro atoms. The quantitative estimate of drug-likeness (QED) is 0.801. The summed E-state index contributed by atoms with van der Waals surface area (Å²) in [6, 6.07) is 8.74. The summed E-state index contributed by atoms with van der Waals surface area (Å²) in [5.74, 6) is -0.284. The van der Waals surface area contributed by atoms with Crippen LogP contribution in [0.3, 0.4) is 0 Å². The summed E-state index contributed by atoms with van der Waals surface area (Å²) < 4.78 is 13.7. The molecule has 0 aliphatic carbocycles. The molecule has 1 fully saturated rings. The second-order valence-corrected chi connectivity index (χ2v) is 4.62. The van der Waals surface area contributed by atoms with Gasteiger partial charge in [0.2, 0.25) is 0 Å². The number of hydrogen-bond acceptors (Lipinski definition) is 3. The van der Waals surface area contributed by atoms with Gasteiger partial charge < -0.3 is 0 Å². The predicted molar refractivity (Wildman–Crippen MR) is 64.7 cm³/mol. The van der Waals surface area contributed by atoms with Gasteiger partial charge in [-0.25, -0.2) is 4.39 Å². The van der Waals surface area contributed by atoms with Crippen LogP contribution in [0.15, 0.2) is 18.2 Å². The van der Waals surface area contributed by atoms with E-state index in [0.29, 0.717) is 24.2 Å². The van der Waals surface area contributed by atoms with Crippen LogP contribution in [0.1, 0.15) is 24.0 Å². The Morgan fingerprint density at radius 1 is 1.39 bits per heavy atom. The van der Waals surface area contributed by atoms with Gasteiger partial charge >= 0.3 is 0 Å². The van der Waals surface area contributed by atoms with E-state index in [4.69, 9.17) is 10.5 Å². The Morgan fingerprint density at radius 3 is 2.89 bits per heavy atom. The topological polar surface area (TPSA) is 50.8 Å². The smallest absolute Gasteiger partial charge is 0.129 e. The molecule has 1 aromatic rings. The predicted octanol–water partition coefficient (Wildman–Crippen LogP) is 2.43. The second kappa shape index (κ2) is 5.62. The minimum absolute atomic E-state index is 0.0557. The van der Waals surface area contributed by atoms with Crippen molar-refractivity contribution in [1.29, 1.82) is 10.5 Å². The first-order chi connectivity index (χ1) is 8.72. The van der Waals surface area contributed by atoms with E-state index in [-0.39, 0.29) is 11.7 Å². The number of benzene rings is 1. The molecule has 3 nitrogen and oxygen atoms in total. The molecular weight excluding hydrogens is 229 g/mol.